The Morgan fingerprint density at radius 2 is 1.94 bits per heavy atom. The van der Waals surface area contributed by atoms with E-state index in [0.29, 0.717) is 11.3 Å². The Hall–Kier alpha value is -3.33. The monoisotopic (exact) mass is 439 g/mol. The van der Waals surface area contributed by atoms with Gasteiger partial charge in [0.05, 0.1) is 11.7 Å². The van der Waals surface area contributed by atoms with Crippen molar-refractivity contribution in [3.05, 3.63) is 71.7 Å². The van der Waals surface area contributed by atoms with Crippen molar-refractivity contribution < 1.29 is 28.8 Å². The summed E-state index contributed by atoms with van der Waals surface area (Å²) in [5.41, 5.74) is 2.13. The molecule has 1 N–H and O–H groups in total. The van der Waals surface area contributed by atoms with Gasteiger partial charge >= 0.3 is 5.97 Å². The van der Waals surface area contributed by atoms with Crippen LogP contribution in [0.5, 0.6) is 0 Å². The van der Waals surface area contributed by atoms with Crippen molar-refractivity contribution in [3.63, 3.8) is 0 Å². The number of aliphatic carboxylic acids is 1. The predicted molar refractivity (Wildman–Crippen MR) is 111 cm³/mol. The molecular weight excluding hydrogens is 418 g/mol. The van der Waals surface area contributed by atoms with Crippen molar-refractivity contribution in [3.8, 4) is 0 Å². The number of nitrogens with one attached hydrogen (secondary N) is 1. The first kappa shape index (κ1) is 20.9. The molecule has 2 aliphatic heterocycles. The summed E-state index contributed by atoms with van der Waals surface area (Å²) in [5.74, 6) is -1.96. The number of hydrogen-bond acceptors (Lipinski definition) is 7. The van der Waals surface area contributed by atoms with E-state index >= 15 is 0 Å². The zero-order valence-corrected chi connectivity index (χ0v) is 17.6. The number of rotatable bonds is 7. The Morgan fingerprint density at radius 1 is 1.23 bits per heavy atom. The summed E-state index contributed by atoms with van der Waals surface area (Å²) in [7, 11) is 0. The first-order valence-electron chi connectivity index (χ1n) is 9.75. The number of esters is 1. The number of ether oxygens (including phenoxy) is 1. The molecule has 1 aromatic heterocycles. The summed E-state index contributed by atoms with van der Waals surface area (Å²) < 4.78 is 6.95. The molecule has 9 heteroatoms. The van der Waals surface area contributed by atoms with Crippen LogP contribution in [0.3, 0.4) is 0 Å². The molecule has 0 unspecified atom stereocenters. The number of thioether (sulfide) groups is 1. The third kappa shape index (κ3) is 4.41. The molecule has 0 spiro atoms. The van der Waals surface area contributed by atoms with Crippen LogP contribution >= 0.6 is 11.8 Å². The van der Waals surface area contributed by atoms with Crippen molar-refractivity contribution in [2.75, 3.05) is 17.7 Å². The molecule has 8 nitrogen and oxygen atoms in total. The first-order chi connectivity index (χ1) is 14.9. The number of carboxylic acids is 1. The van der Waals surface area contributed by atoms with Gasteiger partial charge in [0, 0.05) is 41.6 Å². The van der Waals surface area contributed by atoms with E-state index in [1.807, 2.05) is 47.3 Å². The second-order valence-electron chi connectivity index (χ2n) is 7.30. The largest absolute Gasteiger partial charge is 0.543 e. The zero-order chi connectivity index (χ0) is 22.0. The van der Waals surface area contributed by atoms with Gasteiger partial charge in [-0.1, -0.05) is 30.3 Å². The van der Waals surface area contributed by atoms with Crippen LogP contribution in [0.1, 0.15) is 12.5 Å². The lowest BCUT2D eigenvalue weighted by atomic mass is 10.0. The Morgan fingerprint density at radius 3 is 2.58 bits per heavy atom. The van der Waals surface area contributed by atoms with Gasteiger partial charge in [0.1, 0.15) is 18.0 Å². The molecule has 31 heavy (non-hydrogen) atoms. The lowest BCUT2D eigenvalue weighted by Crippen LogP contribution is -2.68. The van der Waals surface area contributed by atoms with Gasteiger partial charge in [-0.3, -0.25) is 14.5 Å². The molecule has 0 bridgehead atoms. The van der Waals surface area contributed by atoms with Crippen LogP contribution in [0, 0.1) is 0 Å². The fourth-order valence-corrected chi connectivity index (χ4v) is 4.93. The number of β-lactam (4-membered cyclic amide) rings is 1. The van der Waals surface area contributed by atoms with Gasteiger partial charge in [-0.2, -0.15) is 0 Å². The van der Waals surface area contributed by atoms with Gasteiger partial charge in [-0.25, -0.2) is 4.57 Å². The maximum Gasteiger partial charge on any atom is 0.302 e. The van der Waals surface area contributed by atoms with Gasteiger partial charge in [-0.05, 0) is 0 Å². The number of carbonyl (C=O) groups excluding carboxylic acids is 3. The van der Waals surface area contributed by atoms with Crippen molar-refractivity contribution in [2.24, 2.45) is 0 Å². The molecule has 1 saturated heterocycles. The molecule has 2 atom stereocenters. The van der Waals surface area contributed by atoms with E-state index in [1.165, 1.54) is 29.1 Å². The molecular formula is C22H21N3O5S. The maximum atomic E-state index is 12.7. The predicted octanol–water partition coefficient (Wildman–Crippen LogP) is 0.285. The van der Waals surface area contributed by atoms with Crippen molar-refractivity contribution in [1.82, 2.24) is 4.90 Å². The summed E-state index contributed by atoms with van der Waals surface area (Å²) >= 11 is 1.43. The van der Waals surface area contributed by atoms with E-state index in [4.69, 9.17) is 4.74 Å². The van der Waals surface area contributed by atoms with E-state index in [9.17, 15) is 19.5 Å². The molecule has 1 amide bonds. The lowest BCUT2D eigenvalue weighted by molar-refractivity contribution is -0.688. The fourth-order valence-electron chi connectivity index (χ4n) is 3.60. The highest BCUT2D eigenvalue weighted by atomic mass is 32.2. The molecule has 0 saturated carbocycles. The molecule has 4 rings (SSSR count). The minimum absolute atomic E-state index is 0.166. The number of carbonyl (C=O) groups is 3. The van der Waals surface area contributed by atoms with Crippen molar-refractivity contribution in [1.29, 1.82) is 0 Å². The van der Waals surface area contributed by atoms with Crippen LogP contribution in [-0.4, -0.2) is 46.5 Å². The Bertz CT molecular complexity index is 1040. The third-order valence-electron chi connectivity index (χ3n) is 5.11. The van der Waals surface area contributed by atoms with Crippen LogP contribution in [0.4, 0.5) is 5.69 Å². The maximum absolute atomic E-state index is 12.7. The van der Waals surface area contributed by atoms with E-state index in [1.54, 1.807) is 0 Å². The minimum atomic E-state index is -1.44. The van der Waals surface area contributed by atoms with E-state index in [2.05, 4.69) is 17.4 Å². The third-order valence-corrected chi connectivity index (χ3v) is 6.45. The Kier molecular flexibility index (Phi) is 5.94. The van der Waals surface area contributed by atoms with Crippen LogP contribution < -0.4 is 15.0 Å². The standard InChI is InChI=1S/C22H21N3O5S/c1-14(26)30-12-16-13-31-21-18(20(27)25(21)19(16)22(28)29)23-17-7-9-24(10-8-17)11-15-5-3-2-4-6-15/h2-10,18,21H,11-13H2,1H3,(H,28,29)/t18-,21-/m1/s1. The van der Waals surface area contributed by atoms with E-state index < -0.39 is 18.0 Å². The number of anilines is 1. The second-order valence-corrected chi connectivity index (χ2v) is 8.40. The smallest absolute Gasteiger partial charge is 0.302 e. The molecule has 0 aliphatic carbocycles. The molecule has 2 aromatic rings. The molecule has 0 radical (unpaired) electrons. The second kappa shape index (κ2) is 8.81. The minimum Gasteiger partial charge on any atom is -0.543 e. The van der Waals surface area contributed by atoms with Gasteiger partial charge in [-0.15, -0.1) is 11.8 Å². The molecule has 3 heterocycles. The number of carboxylic acid groups (broad SMARTS) is 1. The van der Waals surface area contributed by atoms with E-state index in [-0.39, 0.29) is 23.6 Å². The summed E-state index contributed by atoms with van der Waals surface area (Å²) in [5, 5.41) is 14.5. The highest BCUT2D eigenvalue weighted by Gasteiger charge is 2.52. The van der Waals surface area contributed by atoms with Gasteiger partial charge in [0.2, 0.25) is 0 Å². The average Bonchev–Trinajstić information content (AvgIpc) is 2.77. The summed E-state index contributed by atoms with van der Waals surface area (Å²) in [6.07, 6.45) is 3.85. The van der Waals surface area contributed by atoms with Crippen molar-refractivity contribution in [2.45, 2.75) is 24.9 Å². The van der Waals surface area contributed by atoms with Crippen molar-refractivity contribution >= 4 is 35.3 Å². The number of nitrogens with zero attached hydrogens (tertiary/aromatic N) is 2. The Balaban J connectivity index is 1.43. The van der Waals surface area contributed by atoms with E-state index in [0.717, 1.165) is 12.2 Å². The SMILES string of the molecule is CC(=O)OCC1=C(C(=O)[O-])N2C(=O)[C@@H](Nc3cc[n+](Cc4ccccc4)cc3)[C@H]2SC1. The summed E-state index contributed by atoms with van der Waals surface area (Å²) in [6, 6.07) is 13.3. The van der Waals surface area contributed by atoms with Gasteiger partial charge in [0.25, 0.3) is 5.91 Å². The molecule has 2 aliphatic rings. The number of fused-ring (bicyclic) bond motifs is 1. The zero-order valence-electron chi connectivity index (χ0n) is 16.8. The Labute approximate surface area is 183 Å². The fraction of sp³-hybridized carbons (Fsp3) is 0.273. The molecule has 160 valence electrons. The lowest BCUT2D eigenvalue weighted by Gasteiger charge is -2.51. The van der Waals surface area contributed by atoms with Crippen LogP contribution in [0.25, 0.3) is 0 Å². The number of aromatic nitrogens is 1. The van der Waals surface area contributed by atoms with Gasteiger partial charge < -0.3 is 20.0 Å². The highest BCUT2D eigenvalue weighted by molar-refractivity contribution is 8.00. The first-order valence-corrected chi connectivity index (χ1v) is 10.8. The normalized spacial score (nSPS) is 20.0. The summed E-state index contributed by atoms with van der Waals surface area (Å²) in [4.78, 5) is 36.7. The number of amides is 1. The quantitative estimate of drug-likeness (QED) is 0.376. The molecule has 1 aromatic carbocycles. The number of benzene rings is 1. The summed E-state index contributed by atoms with van der Waals surface area (Å²) in [6.45, 7) is 1.82. The van der Waals surface area contributed by atoms with Crippen LogP contribution in [0.15, 0.2) is 66.1 Å². The van der Waals surface area contributed by atoms with Crippen LogP contribution in [0.2, 0.25) is 0 Å². The highest BCUT2D eigenvalue weighted by Crippen LogP contribution is 2.41. The average molecular weight is 439 g/mol. The van der Waals surface area contributed by atoms with Gasteiger partial charge in [0.15, 0.2) is 18.9 Å². The number of hydrogen-bond donors (Lipinski definition) is 1. The van der Waals surface area contributed by atoms with Crippen LogP contribution in [-0.2, 0) is 25.7 Å². The topological polar surface area (TPSA) is 103 Å². The molecule has 1 fully saturated rings. The number of pyridine rings is 1.